The minimum atomic E-state index is -2.29. The number of rotatable bonds is 11. The van der Waals surface area contributed by atoms with Crippen LogP contribution in [0.15, 0.2) is 97.1 Å². The first-order valence-corrected chi connectivity index (χ1v) is 25.8. The van der Waals surface area contributed by atoms with Crippen molar-refractivity contribution in [3.8, 4) is 33.8 Å². The van der Waals surface area contributed by atoms with Gasteiger partial charge in [-0.3, -0.25) is 33.6 Å². The van der Waals surface area contributed by atoms with Gasteiger partial charge in [0.15, 0.2) is 6.23 Å². The van der Waals surface area contributed by atoms with Gasteiger partial charge in [-0.05, 0) is 85.0 Å². The van der Waals surface area contributed by atoms with E-state index in [9.17, 15) is 79.5 Å². The van der Waals surface area contributed by atoms with Crippen LogP contribution in [0.1, 0.15) is 62.6 Å². The topological polar surface area (TPSA) is 377 Å². The number of hydrogen-bond donors (Lipinski definition) is 14. The molecule has 4 aromatic carbocycles. The summed E-state index contributed by atoms with van der Waals surface area (Å²) in [6.45, 7) is 5.13. The van der Waals surface area contributed by atoms with Crippen LogP contribution in [-0.4, -0.2) is 196 Å². The maximum absolute atomic E-state index is 14.4. The van der Waals surface area contributed by atoms with Crippen LogP contribution in [-0.2, 0) is 28.8 Å². The fourth-order valence-electron chi connectivity index (χ4n) is 9.85. The Morgan fingerprint density at radius 2 is 1.14 bits per heavy atom. The van der Waals surface area contributed by atoms with Crippen molar-refractivity contribution in [3.05, 3.63) is 108 Å². The number of aromatic hydroxyl groups is 1. The van der Waals surface area contributed by atoms with Gasteiger partial charge >= 0.3 is 0 Å². The van der Waals surface area contributed by atoms with Crippen LogP contribution in [0.25, 0.3) is 22.3 Å². The van der Waals surface area contributed by atoms with Crippen molar-refractivity contribution in [2.45, 2.75) is 126 Å². The normalized spacial score (nSPS) is 28.1. The number of carbonyl (C=O) groups is 7. The number of phenolic OH excluding ortho intramolecular Hbond substituents is 1. The fourth-order valence-corrected chi connectivity index (χ4v) is 9.85. The van der Waals surface area contributed by atoms with E-state index in [4.69, 9.17) is 4.74 Å². The van der Waals surface area contributed by atoms with Gasteiger partial charge in [-0.15, -0.1) is 0 Å². The van der Waals surface area contributed by atoms with E-state index in [2.05, 4.69) is 26.6 Å². The zero-order chi connectivity index (χ0) is 57.6. The largest absolute Gasteiger partial charge is 0.508 e. The SMILES string of the molecule is CCOc1ccc(-c2ccc(-c3ccc(C(=O)N[C@H]4C[C@@H](O)[C@@H](O)NC(=O)[C@@H]5[C@@H](O)[C@@H](C)CN5C(=O)[C@H]([C@@H](C)O)NC(=O)[C@H]([C@H](O)[C@@H](O)c5ccc(O)cc5)NC(=O)[C@@H]5C[C@@H](O)CN5C(=O)[C@H]([C@@H](C)O)NC4=O)cc3)cc2)cc1. The van der Waals surface area contributed by atoms with Gasteiger partial charge in [-0.1, -0.05) is 67.6 Å². The molecule has 7 rings (SSSR count). The first kappa shape index (κ1) is 59.1. The van der Waals surface area contributed by atoms with Crippen molar-refractivity contribution in [1.29, 1.82) is 0 Å². The Kier molecular flexibility index (Phi) is 19.1. The molecule has 0 unspecified atom stereocenters. The summed E-state index contributed by atoms with van der Waals surface area (Å²) in [5.74, 6) is -8.72. The molecule has 0 spiro atoms. The van der Waals surface area contributed by atoms with Crippen LogP contribution in [0.4, 0.5) is 0 Å². The van der Waals surface area contributed by atoms with E-state index < -0.39 is 152 Å². The van der Waals surface area contributed by atoms with Gasteiger partial charge in [0.2, 0.25) is 35.4 Å². The van der Waals surface area contributed by atoms with Crippen LogP contribution >= 0.6 is 0 Å². The summed E-state index contributed by atoms with van der Waals surface area (Å²) in [4.78, 5) is 101. The summed E-state index contributed by atoms with van der Waals surface area (Å²) in [5, 5.41) is 111. The molecule has 3 heterocycles. The number of fused-ring (bicyclic) bond motifs is 2. The summed E-state index contributed by atoms with van der Waals surface area (Å²) in [6, 6.07) is 14.5. The zero-order valence-corrected chi connectivity index (χ0v) is 43.6. The van der Waals surface area contributed by atoms with E-state index in [0.29, 0.717) is 12.2 Å². The van der Waals surface area contributed by atoms with E-state index in [1.165, 1.54) is 31.2 Å². The summed E-state index contributed by atoms with van der Waals surface area (Å²) in [7, 11) is 0. The van der Waals surface area contributed by atoms with Crippen LogP contribution in [0.5, 0.6) is 11.5 Å². The summed E-state index contributed by atoms with van der Waals surface area (Å²) >= 11 is 0. The summed E-state index contributed by atoms with van der Waals surface area (Å²) < 4.78 is 5.54. The maximum Gasteiger partial charge on any atom is 0.251 e. The van der Waals surface area contributed by atoms with Crippen molar-refractivity contribution < 1.29 is 84.3 Å². The molecule has 14 N–H and O–H groups in total. The van der Waals surface area contributed by atoms with Crippen molar-refractivity contribution in [1.82, 2.24) is 36.4 Å². The number of carbonyl (C=O) groups excluding carboxylic acids is 7. The molecule has 0 saturated carbocycles. The molecule has 79 heavy (non-hydrogen) atoms. The number of ether oxygens (including phenoxy) is 1. The number of phenols is 1. The summed E-state index contributed by atoms with van der Waals surface area (Å²) in [5.41, 5.74) is 3.34. The van der Waals surface area contributed by atoms with E-state index in [-0.39, 0.29) is 23.4 Å². The lowest BCUT2D eigenvalue weighted by molar-refractivity contribution is -0.148. The van der Waals surface area contributed by atoms with Gasteiger partial charge in [-0.2, -0.15) is 0 Å². The average Bonchev–Trinajstić information content (AvgIpc) is 4.07. The highest BCUT2D eigenvalue weighted by molar-refractivity contribution is 6.00. The number of nitrogens with one attached hydrogen (secondary N) is 5. The third-order valence-electron chi connectivity index (χ3n) is 14.3. The Hall–Kier alpha value is -7.55. The molecule has 24 nitrogen and oxygen atoms in total. The highest BCUT2D eigenvalue weighted by Gasteiger charge is 2.50. The van der Waals surface area contributed by atoms with Crippen molar-refractivity contribution in [2.75, 3.05) is 19.7 Å². The Morgan fingerprint density at radius 3 is 1.68 bits per heavy atom. The van der Waals surface area contributed by atoms with Crippen LogP contribution < -0.4 is 31.3 Å². The number of aliphatic hydroxyl groups excluding tert-OH is 8. The number of hydrogen-bond acceptors (Lipinski definition) is 17. The Labute approximate surface area is 454 Å². The lowest BCUT2D eigenvalue weighted by Gasteiger charge is -2.34. The van der Waals surface area contributed by atoms with Crippen molar-refractivity contribution in [3.63, 3.8) is 0 Å². The number of amides is 7. The number of aliphatic hydroxyl groups is 8. The minimum Gasteiger partial charge on any atom is -0.508 e. The highest BCUT2D eigenvalue weighted by Crippen LogP contribution is 2.30. The highest BCUT2D eigenvalue weighted by atomic mass is 16.5. The molecule has 3 fully saturated rings. The summed E-state index contributed by atoms with van der Waals surface area (Å²) in [6.07, 6.45) is -16.8. The van der Waals surface area contributed by atoms with Gasteiger partial charge in [-0.25, -0.2) is 0 Å². The smallest absolute Gasteiger partial charge is 0.251 e. The lowest BCUT2D eigenvalue weighted by atomic mass is 9.96. The van der Waals surface area contributed by atoms with Gasteiger partial charge in [0.25, 0.3) is 5.91 Å². The molecule has 4 aromatic rings. The predicted molar refractivity (Wildman–Crippen MR) is 280 cm³/mol. The molecular formula is C55H67N7O17. The second-order valence-corrected chi connectivity index (χ2v) is 20.2. The van der Waals surface area contributed by atoms with Crippen LogP contribution in [0.3, 0.4) is 0 Å². The first-order chi connectivity index (χ1) is 37.5. The number of benzene rings is 4. The average molecular weight is 1100 g/mol. The first-order valence-electron chi connectivity index (χ1n) is 25.8. The minimum absolute atomic E-state index is 0.00731. The molecule has 424 valence electrons. The molecule has 24 heteroatoms. The predicted octanol–water partition coefficient (Wildman–Crippen LogP) is -2.10. The quantitative estimate of drug-likeness (QED) is 0.0765. The van der Waals surface area contributed by atoms with Crippen LogP contribution in [0, 0.1) is 5.92 Å². The molecule has 0 aliphatic carbocycles. The maximum atomic E-state index is 14.4. The van der Waals surface area contributed by atoms with Gasteiger partial charge in [0.05, 0.1) is 31.0 Å². The second-order valence-electron chi connectivity index (χ2n) is 20.2. The molecule has 0 bridgehead atoms. The molecule has 0 radical (unpaired) electrons. The fraction of sp³-hybridized carbons (Fsp3) is 0.436. The standard InChI is InChI=1S/C55H67N7O17/c1-5-79-37-20-16-32(17-21-37)30-8-6-29(7-9-30)31-10-12-34(13-11-31)48(71)56-38-23-40(67)51(74)60-53(76)44-45(68)26(2)24-62(44)55(78)42(28(4)64)58-52(75)43(47(70)46(69)33-14-18-35(65)19-15-33)59-50(73)39-22-36(66)25-61(39)54(77)41(27(3)63)57-49(38)72/h6-21,26-28,36,38-47,51,63-70,74H,5,22-25H2,1-4H3,(H,56,71)(H,57,72)(H,58,75)(H,59,73)(H,60,76)/t26-,27+,28+,36+,38-,39-,40+,41-,42-,43-,44-,45-,46-,47-,51+/m0/s1. The Balaban J connectivity index is 1.20. The molecule has 0 aromatic heterocycles. The van der Waals surface area contributed by atoms with Gasteiger partial charge < -0.3 is 87.1 Å². The Morgan fingerprint density at radius 1 is 0.633 bits per heavy atom. The Bertz CT molecular complexity index is 2820. The number of nitrogens with zero attached hydrogens (tertiary/aromatic N) is 2. The molecule has 3 saturated heterocycles. The third-order valence-corrected chi connectivity index (χ3v) is 14.3. The van der Waals surface area contributed by atoms with E-state index in [1.807, 2.05) is 55.5 Å². The van der Waals surface area contributed by atoms with E-state index in [0.717, 1.165) is 58.2 Å². The molecular weight excluding hydrogens is 1030 g/mol. The zero-order valence-electron chi connectivity index (χ0n) is 43.6. The lowest BCUT2D eigenvalue weighted by Crippen LogP contribution is -2.64. The van der Waals surface area contributed by atoms with E-state index in [1.54, 1.807) is 12.1 Å². The molecule has 15 atom stereocenters. The van der Waals surface area contributed by atoms with Gasteiger partial charge in [0, 0.05) is 37.4 Å². The van der Waals surface area contributed by atoms with Crippen molar-refractivity contribution >= 4 is 41.4 Å². The van der Waals surface area contributed by atoms with E-state index >= 15 is 0 Å². The monoisotopic (exact) mass is 1100 g/mol. The van der Waals surface area contributed by atoms with Crippen LogP contribution in [0.2, 0.25) is 0 Å². The third kappa shape index (κ3) is 13.7. The van der Waals surface area contributed by atoms with Gasteiger partial charge in [0.1, 0.15) is 66.1 Å². The second kappa shape index (κ2) is 25.5. The molecule has 3 aliphatic rings. The molecule has 7 amide bonds. The molecule has 3 aliphatic heterocycles. The van der Waals surface area contributed by atoms with Crippen molar-refractivity contribution in [2.24, 2.45) is 5.92 Å².